The Kier molecular flexibility index (Phi) is 5.42. The van der Waals surface area contributed by atoms with Crippen LogP contribution in [0.3, 0.4) is 0 Å². The van der Waals surface area contributed by atoms with Crippen molar-refractivity contribution in [2.24, 2.45) is 0 Å². The molecule has 0 N–H and O–H groups in total. The van der Waals surface area contributed by atoms with E-state index in [1.165, 1.54) is 0 Å². The maximum absolute atomic E-state index is 12.1. The lowest BCUT2D eigenvalue weighted by molar-refractivity contribution is 0.125. The Morgan fingerprint density at radius 3 is 2.27 bits per heavy atom. The largest absolute Gasteiger partial charge is 0.330 e. The summed E-state index contributed by atoms with van der Waals surface area (Å²) in [7, 11) is 0. The lowest BCUT2D eigenvalue weighted by Gasteiger charge is -2.12. The Bertz CT molecular complexity index is 116. The molecular formula is C4H5Cl2F3S2. The number of halogens is 5. The molecule has 0 fully saturated rings. The van der Waals surface area contributed by atoms with E-state index in [0.717, 1.165) is 0 Å². The average Bonchev–Trinajstić information content (AvgIpc) is 1.80. The molecule has 11 heavy (non-hydrogen) atoms. The molecule has 0 heterocycles. The molecule has 0 aliphatic carbocycles. The standard InChI is InChI=1S/C4H5Cl2F3S2/c5-2(7)3(10)11-1-4(6,8)9/h2-3,10H,1H2. The summed E-state index contributed by atoms with van der Waals surface area (Å²) in [5.74, 6) is -0.699. The molecule has 0 saturated heterocycles. The third-order valence-electron chi connectivity index (χ3n) is 0.633. The van der Waals surface area contributed by atoms with E-state index in [1.807, 2.05) is 0 Å². The molecule has 0 aliphatic heterocycles. The maximum Gasteiger partial charge on any atom is 0.330 e. The van der Waals surface area contributed by atoms with Crippen LogP contribution in [0, 0.1) is 0 Å². The summed E-state index contributed by atoms with van der Waals surface area (Å²) in [6.07, 6.45) is 0. The normalized spacial score (nSPS) is 18.0. The van der Waals surface area contributed by atoms with Crippen LogP contribution in [0.2, 0.25) is 0 Å². The first-order valence-corrected chi connectivity index (χ1v) is 4.85. The van der Waals surface area contributed by atoms with Gasteiger partial charge in [0.2, 0.25) is 0 Å². The van der Waals surface area contributed by atoms with Crippen LogP contribution in [0.25, 0.3) is 0 Å². The van der Waals surface area contributed by atoms with Crippen molar-refractivity contribution in [1.29, 1.82) is 0 Å². The summed E-state index contributed by atoms with van der Waals surface area (Å²) < 4.78 is 34.9. The number of thiol groups is 1. The number of alkyl halides is 5. The predicted molar refractivity (Wildman–Crippen MR) is 46.8 cm³/mol. The second-order valence-corrected chi connectivity index (χ2v) is 4.66. The molecule has 0 aliphatic rings. The zero-order chi connectivity index (χ0) is 9.07. The van der Waals surface area contributed by atoms with Gasteiger partial charge >= 0.3 is 5.38 Å². The highest BCUT2D eigenvalue weighted by Crippen LogP contribution is 2.30. The topological polar surface area (TPSA) is 0 Å². The minimum absolute atomic E-state index is 0.567. The van der Waals surface area contributed by atoms with Crippen LogP contribution in [0.5, 0.6) is 0 Å². The fourth-order valence-electron chi connectivity index (χ4n) is 0.253. The van der Waals surface area contributed by atoms with Gasteiger partial charge in [-0.2, -0.15) is 21.4 Å². The van der Waals surface area contributed by atoms with Gasteiger partial charge in [0.1, 0.15) is 0 Å². The van der Waals surface area contributed by atoms with E-state index < -0.39 is 21.3 Å². The Balaban J connectivity index is 3.54. The molecule has 0 amide bonds. The van der Waals surface area contributed by atoms with E-state index in [4.69, 9.17) is 11.6 Å². The average molecular weight is 245 g/mol. The van der Waals surface area contributed by atoms with Crippen LogP contribution >= 0.6 is 47.6 Å². The third kappa shape index (κ3) is 7.43. The molecule has 0 spiro atoms. The number of thioether (sulfide) groups is 1. The molecule has 7 heteroatoms. The van der Waals surface area contributed by atoms with Crippen LogP contribution in [-0.4, -0.2) is 21.3 Å². The van der Waals surface area contributed by atoms with Gasteiger partial charge in [-0.1, -0.05) is 11.6 Å². The maximum atomic E-state index is 12.1. The molecule has 0 radical (unpaired) electrons. The summed E-state index contributed by atoms with van der Waals surface area (Å²) in [6, 6.07) is 0. The molecule has 0 aromatic carbocycles. The first-order valence-electron chi connectivity index (χ1n) is 2.47. The highest BCUT2D eigenvalue weighted by Gasteiger charge is 2.27. The monoisotopic (exact) mass is 244 g/mol. The summed E-state index contributed by atoms with van der Waals surface area (Å²) in [6.45, 7) is 0. The van der Waals surface area contributed by atoms with Crippen LogP contribution in [-0.2, 0) is 0 Å². The molecule has 2 atom stereocenters. The first kappa shape index (κ1) is 12.1. The van der Waals surface area contributed by atoms with E-state index in [2.05, 4.69) is 24.2 Å². The Hall–Kier alpha value is 1.07. The fourth-order valence-corrected chi connectivity index (χ4v) is 1.39. The zero-order valence-electron chi connectivity index (χ0n) is 5.11. The van der Waals surface area contributed by atoms with E-state index in [1.54, 1.807) is 0 Å². The van der Waals surface area contributed by atoms with Crippen molar-refractivity contribution < 1.29 is 13.2 Å². The quantitative estimate of drug-likeness (QED) is 0.450. The van der Waals surface area contributed by atoms with Gasteiger partial charge in [0.15, 0.2) is 5.63 Å². The van der Waals surface area contributed by atoms with Crippen molar-refractivity contribution in [2.75, 3.05) is 5.75 Å². The van der Waals surface area contributed by atoms with E-state index in [0.29, 0.717) is 11.8 Å². The Labute approximate surface area is 82.2 Å². The van der Waals surface area contributed by atoms with Crippen LogP contribution in [0.15, 0.2) is 0 Å². The lowest BCUT2D eigenvalue weighted by Crippen LogP contribution is -2.14. The molecule has 0 saturated carbocycles. The fraction of sp³-hybridized carbons (Fsp3) is 1.00. The Morgan fingerprint density at radius 1 is 1.55 bits per heavy atom. The molecule has 0 rings (SSSR count). The van der Waals surface area contributed by atoms with Crippen molar-refractivity contribution in [3.63, 3.8) is 0 Å². The second-order valence-electron chi connectivity index (χ2n) is 1.65. The van der Waals surface area contributed by atoms with Gasteiger partial charge in [0, 0.05) is 0 Å². The van der Waals surface area contributed by atoms with Gasteiger partial charge in [0.25, 0.3) is 0 Å². The van der Waals surface area contributed by atoms with Gasteiger partial charge in [-0.05, 0) is 11.6 Å². The number of hydrogen-bond acceptors (Lipinski definition) is 2. The molecule has 0 aromatic rings. The minimum atomic E-state index is -3.32. The highest BCUT2D eigenvalue weighted by atomic mass is 35.5. The smallest absolute Gasteiger partial charge is 0.228 e. The van der Waals surface area contributed by atoms with Crippen LogP contribution in [0.1, 0.15) is 0 Å². The predicted octanol–water partition coefficient (Wildman–Crippen LogP) is 3.34. The van der Waals surface area contributed by atoms with Crippen molar-refractivity contribution in [2.45, 2.75) is 15.6 Å². The summed E-state index contributed by atoms with van der Waals surface area (Å²) in [5, 5.41) is -3.32. The van der Waals surface area contributed by atoms with E-state index in [-0.39, 0.29) is 0 Å². The van der Waals surface area contributed by atoms with Gasteiger partial charge in [-0.3, -0.25) is 0 Å². The number of rotatable bonds is 4. The van der Waals surface area contributed by atoms with Crippen molar-refractivity contribution in [3.8, 4) is 0 Å². The molecule has 0 aromatic heterocycles. The molecule has 0 nitrogen and oxygen atoms in total. The van der Waals surface area contributed by atoms with Crippen molar-refractivity contribution in [1.82, 2.24) is 0 Å². The lowest BCUT2D eigenvalue weighted by atomic mass is 10.8. The molecule has 68 valence electrons. The van der Waals surface area contributed by atoms with Gasteiger partial charge in [-0.25, -0.2) is 4.39 Å². The zero-order valence-corrected chi connectivity index (χ0v) is 8.33. The first-order chi connectivity index (χ1) is 4.83. The molecule has 0 bridgehead atoms. The summed E-state index contributed by atoms with van der Waals surface area (Å²) in [4.78, 5) is 0. The van der Waals surface area contributed by atoms with Gasteiger partial charge in [-0.15, -0.1) is 11.8 Å². The van der Waals surface area contributed by atoms with Crippen LogP contribution < -0.4 is 0 Å². The molecular weight excluding hydrogens is 240 g/mol. The van der Waals surface area contributed by atoms with Crippen molar-refractivity contribution in [3.05, 3.63) is 0 Å². The van der Waals surface area contributed by atoms with E-state index in [9.17, 15) is 13.2 Å². The van der Waals surface area contributed by atoms with Crippen molar-refractivity contribution >= 4 is 47.6 Å². The summed E-state index contributed by atoms with van der Waals surface area (Å²) >= 11 is 13.6. The molecule has 2 unspecified atom stereocenters. The SMILES string of the molecule is FC(Cl)C(S)SCC(F)(F)Cl. The van der Waals surface area contributed by atoms with Gasteiger partial charge < -0.3 is 0 Å². The van der Waals surface area contributed by atoms with Gasteiger partial charge in [0.05, 0.1) is 10.3 Å². The third-order valence-corrected chi connectivity index (χ3v) is 3.32. The number of hydrogen-bond donors (Lipinski definition) is 1. The second kappa shape index (κ2) is 4.94. The van der Waals surface area contributed by atoms with E-state index >= 15 is 0 Å². The Morgan fingerprint density at radius 2 is 2.00 bits per heavy atom. The van der Waals surface area contributed by atoms with Crippen LogP contribution in [0.4, 0.5) is 13.2 Å². The highest BCUT2D eigenvalue weighted by molar-refractivity contribution is 8.10. The summed E-state index contributed by atoms with van der Waals surface area (Å²) in [5.41, 5.74) is -1.75. The minimum Gasteiger partial charge on any atom is -0.228 e.